The molecule has 0 aliphatic carbocycles. The summed E-state index contributed by atoms with van der Waals surface area (Å²) in [5.74, 6) is 0.0697. The summed E-state index contributed by atoms with van der Waals surface area (Å²) in [6.45, 7) is 5.44. The molecule has 0 radical (unpaired) electrons. The number of benzene rings is 2. The molecule has 33 heavy (non-hydrogen) atoms. The molecular weight excluding hydrogens is 410 g/mol. The number of nitrogens with two attached hydrogens (primary N) is 1. The van der Waals surface area contributed by atoms with E-state index in [0.717, 1.165) is 67.9 Å². The number of aromatic nitrogens is 1. The van der Waals surface area contributed by atoms with E-state index in [9.17, 15) is 4.79 Å². The van der Waals surface area contributed by atoms with Gasteiger partial charge in [0.2, 0.25) is 0 Å². The van der Waals surface area contributed by atoms with Gasteiger partial charge >= 0.3 is 0 Å². The van der Waals surface area contributed by atoms with Crippen molar-refractivity contribution in [1.82, 2.24) is 9.47 Å². The maximum atomic E-state index is 13.4. The zero-order valence-electron chi connectivity index (χ0n) is 19.6. The second-order valence-electron chi connectivity index (χ2n) is 9.31. The molecule has 0 spiro atoms. The summed E-state index contributed by atoms with van der Waals surface area (Å²) in [4.78, 5) is 22.5. The summed E-state index contributed by atoms with van der Waals surface area (Å²) in [5.41, 5.74) is 12.4. The first-order valence-electron chi connectivity index (χ1n) is 12.1. The van der Waals surface area contributed by atoms with Gasteiger partial charge in [-0.2, -0.15) is 0 Å². The molecule has 0 saturated carbocycles. The standard InChI is InChI=1S/C27H33N5O/c1-3-32-23(15-19-8-4-5-11-25(19)32)17-29-24-16-21(14-20-9-6-12-30(2)26(20)24)27(33)31-13-7-10-22(28)18-31/h4-5,8,11,14-17,22H,3,6-7,9-10,12-13,18,28H2,1-2H3/b29-17+. The van der Waals surface area contributed by atoms with E-state index in [1.165, 1.54) is 16.5 Å². The molecule has 1 unspecified atom stereocenters. The fraction of sp³-hybridized carbons (Fsp3) is 0.407. The first kappa shape index (κ1) is 21.7. The van der Waals surface area contributed by atoms with Crippen LogP contribution in [-0.4, -0.2) is 54.3 Å². The van der Waals surface area contributed by atoms with Crippen LogP contribution < -0.4 is 10.6 Å². The molecule has 2 aliphatic rings. The average Bonchev–Trinajstić information content (AvgIpc) is 3.19. The molecule has 5 rings (SSSR count). The lowest BCUT2D eigenvalue weighted by Crippen LogP contribution is -2.45. The number of nitrogens with zero attached hydrogens (tertiary/aromatic N) is 4. The molecule has 2 aromatic carbocycles. The van der Waals surface area contributed by atoms with Gasteiger partial charge in [-0.1, -0.05) is 18.2 Å². The third-order valence-electron chi connectivity index (χ3n) is 6.98. The molecule has 6 heteroatoms. The van der Waals surface area contributed by atoms with Crippen LogP contribution in [0.4, 0.5) is 11.4 Å². The van der Waals surface area contributed by atoms with Gasteiger partial charge in [0, 0.05) is 55.7 Å². The summed E-state index contributed by atoms with van der Waals surface area (Å²) in [7, 11) is 2.12. The molecule has 1 aromatic heterocycles. The first-order chi connectivity index (χ1) is 16.0. The first-order valence-corrected chi connectivity index (χ1v) is 12.1. The van der Waals surface area contributed by atoms with Gasteiger partial charge in [0.1, 0.15) is 0 Å². The fourth-order valence-corrected chi connectivity index (χ4v) is 5.35. The Balaban J connectivity index is 1.55. The van der Waals surface area contributed by atoms with Crippen LogP contribution in [-0.2, 0) is 13.0 Å². The van der Waals surface area contributed by atoms with Crippen molar-refractivity contribution in [3.05, 3.63) is 59.3 Å². The van der Waals surface area contributed by atoms with Crippen molar-refractivity contribution in [3.8, 4) is 0 Å². The largest absolute Gasteiger partial charge is 0.373 e. The SMILES string of the molecule is CCn1c(/C=N/c2cc(C(=O)N3CCCC(N)C3)cc3c2N(C)CCC3)cc2ccccc21. The normalized spacial score (nSPS) is 18.8. The van der Waals surface area contributed by atoms with Gasteiger partial charge in [-0.05, 0) is 62.4 Å². The highest BCUT2D eigenvalue weighted by molar-refractivity contribution is 5.98. The zero-order valence-corrected chi connectivity index (χ0v) is 19.6. The molecule has 1 saturated heterocycles. The number of para-hydroxylation sites is 1. The maximum Gasteiger partial charge on any atom is 0.253 e. The summed E-state index contributed by atoms with van der Waals surface area (Å²) in [6.07, 6.45) is 5.96. The number of carbonyl (C=O) groups excluding carboxylic acids is 1. The third kappa shape index (κ3) is 4.15. The average molecular weight is 444 g/mol. The van der Waals surface area contributed by atoms with Gasteiger partial charge in [0.25, 0.3) is 5.91 Å². The van der Waals surface area contributed by atoms with Crippen molar-refractivity contribution >= 4 is 34.4 Å². The number of likely N-dealkylation sites (tertiary alicyclic amines) is 1. The van der Waals surface area contributed by atoms with E-state index in [2.05, 4.69) is 59.8 Å². The molecule has 1 amide bonds. The lowest BCUT2D eigenvalue weighted by molar-refractivity contribution is 0.0708. The monoisotopic (exact) mass is 443 g/mol. The van der Waals surface area contributed by atoms with Crippen LogP contribution in [0.3, 0.4) is 0 Å². The van der Waals surface area contributed by atoms with Crippen molar-refractivity contribution in [2.45, 2.75) is 45.2 Å². The minimum atomic E-state index is 0.0694. The number of carbonyl (C=O) groups is 1. The number of hydrogen-bond donors (Lipinski definition) is 1. The van der Waals surface area contributed by atoms with Gasteiger partial charge in [0.05, 0.1) is 23.3 Å². The van der Waals surface area contributed by atoms with Crippen molar-refractivity contribution in [2.24, 2.45) is 10.7 Å². The second kappa shape index (κ2) is 9.02. The van der Waals surface area contributed by atoms with Crippen molar-refractivity contribution in [2.75, 3.05) is 31.6 Å². The minimum absolute atomic E-state index is 0.0694. The molecule has 1 atom stereocenters. The molecule has 1 fully saturated rings. The Morgan fingerprint density at radius 3 is 2.85 bits per heavy atom. The Bertz CT molecular complexity index is 1210. The van der Waals surface area contributed by atoms with E-state index in [1.807, 2.05) is 17.2 Å². The number of aryl methyl sites for hydroxylation is 2. The summed E-state index contributed by atoms with van der Waals surface area (Å²) in [5, 5.41) is 1.21. The quantitative estimate of drug-likeness (QED) is 0.610. The van der Waals surface area contributed by atoms with E-state index in [0.29, 0.717) is 6.54 Å². The number of piperidine rings is 1. The number of aliphatic imine (C=N–C) groups is 1. The van der Waals surface area contributed by atoms with E-state index in [4.69, 9.17) is 10.7 Å². The van der Waals surface area contributed by atoms with Crippen LogP contribution >= 0.6 is 0 Å². The highest BCUT2D eigenvalue weighted by Gasteiger charge is 2.25. The molecule has 3 heterocycles. The van der Waals surface area contributed by atoms with Gasteiger partial charge in [-0.25, -0.2) is 0 Å². The molecule has 172 valence electrons. The predicted octanol–water partition coefficient (Wildman–Crippen LogP) is 4.36. The fourth-order valence-electron chi connectivity index (χ4n) is 5.35. The van der Waals surface area contributed by atoms with Crippen molar-refractivity contribution < 1.29 is 4.79 Å². The van der Waals surface area contributed by atoms with Crippen LogP contribution in [0.2, 0.25) is 0 Å². The van der Waals surface area contributed by atoms with Gasteiger partial charge in [-0.15, -0.1) is 0 Å². The Labute approximate surface area is 195 Å². The number of rotatable bonds is 4. The van der Waals surface area contributed by atoms with Crippen LogP contribution in [0.25, 0.3) is 10.9 Å². The van der Waals surface area contributed by atoms with Crippen LogP contribution in [0.1, 0.15) is 47.8 Å². The van der Waals surface area contributed by atoms with E-state index in [-0.39, 0.29) is 11.9 Å². The highest BCUT2D eigenvalue weighted by Crippen LogP contribution is 2.37. The lowest BCUT2D eigenvalue weighted by atomic mass is 9.97. The van der Waals surface area contributed by atoms with E-state index in [1.54, 1.807) is 0 Å². The van der Waals surface area contributed by atoms with Crippen LogP contribution in [0.5, 0.6) is 0 Å². The molecular formula is C27H33N5O. The van der Waals surface area contributed by atoms with Gasteiger partial charge < -0.3 is 20.1 Å². The Morgan fingerprint density at radius 1 is 1.18 bits per heavy atom. The number of anilines is 1. The van der Waals surface area contributed by atoms with Gasteiger partial charge in [0.15, 0.2) is 0 Å². The van der Waals surface area contributed by atoms with Gasteiger partial charge in [-0.3, -0.25) is 9.79 Å². The minimum Gasteiger partial charge on any atom is -0.373 e. The zero-order chi connectivity index (χ0) is 22.9. The molecule has 3 aromatic rings. The van der Waals surface area contributed by atoms with Crippen molar-refractivity contribution in [1.29, 1.82) is 0 Å². The Hall–Kier alpha value is -3.12. The lowest BCUT2D eigenvalue weighted by Gasteiger charge is -2.32. The van der Waals surface area contributed by atoms with Crippen LogP contribution in [0.15, 0.2) is 47.5 Å². The second-order valence-corrected chi connectivity index (χ2v) is 9.31. The summed E-state index contributed by atoms with van der Waals surface area (Å²) in [6, 6.07) is 14.7. The number of amides is 1. The van der Waals surface area contributed by atoms with Crippen molar-refractivity contribution in [3.63, 3.8) is 0 Å². The molecule has 6 nitrogen and oxygen atoms in total. The number of fused-ring (bicyclic) bond motifs is 2. The topological polar surface area (TPSA) is 66.9 Å². The number of hydrogen-bond acceptors (Lipinski definition) is 4. The molecule has 0 bridgehead atoms. The van der Waals surface area contributed by atoms with E-state index >= 15 is 0 Å². The third-order valence-corrected chi connectivity index (χ3v) is 6.98. The Kier molecular flexibility index (Phi) is 5.94. The smallest absolute Gasteiger partial charge is 0.253 e. The Morgan fingerprint density at radius 2 is 2.03 bits per heavy atom. The summed E-state index contributed by atoms with van der Waals surface area (Å²) >= 11 is 0. The predicted molar refractivity (Wildman–Crippen MR) is 136 cm³/mol. The van der Waals surface area contributed by atoms with E-state index < -0.39 is 0 Å². The maximum absolute atomic E-state index is 13.4. The summed E-state index contributed by atoms with van der Waals surface area (Å²) < 4.78 is 2.28. The van der Waals surface area contributed by atoms with Crippen LogP contribution in [0, 0.1) is 0 Å². The molecule has 2 aliphatic heterocycles. The molecule has 2 N–H and O–H groups in total. The highest BCUT2D eigenvalue weighted by atomic mass is 16.2.